The molecule has 3 aliphatic rings. The summed E-state index contributed by atoms with van der Waals surface area (Å²) in [6.07, 6.45) is 7.90. The lowest BCUT2D eigenvalue weighted by Gasteiger charge is -2.29. The van der Waals surface area contributed by atoms with Crippen molar-refractivity contribution in [3.8, 4) is 0 Å². The Balaban J connectivity index is 1.19. The van der Waals surface area contributed by atoms with Crippen molar-refractivity contribution in [3.63, 3.8) is 0 Å². The van der Waals surface area contributed by atoms with Crippen LogP contribution < -0.4 is 15.1 Å². The van der Waals surface area contributed by atoms with Crippen LogP contribution in [0.25, 0.3) is 0 Å². The van der Waals surface area contributed by atoms with E-state index in [1.807, 2.05) is 0 Å². The van der Waals surface area contributed by atoms with E-state index < -0.39 is 0 Å². The van der Waals surface area contributed by atoms with Crippen LogP contribution in [0.15, 0.2) is 30.3 Å². The zero-order valence-electron chi connectivity index (χ0n) is 17.9. The number of carbonyl (C=O) groups excluding carboxylic acids is 1. The van der Waals surface area contributed by atoms with E-state index in [1.165, 1.54) is 52.2 Å². The summed E-state index contributed by atoms with van der Waals surface area (Å²) in [6, 6.07) is 10.8. The van der Waals surface area contributed by atoms with E-state index in [0.717, 1.165) is 64.1 Å². The molecule has 5 rings (SSSR count). The average Bonchev–Trinajstić information content (AvgIpc) is 3.24. The molecule has 0 spiro atoms. The van der Waals surface area contributed by atoms with Gasteiger partial charge in [0, 0.05) is 17.0 Å². The van der Waals surface area contributed by atoms with Crippen molar-refractivity contribution in [3.05, 3.63) is 58.4 Å². The highest BCUT2D eigenvalue weighted by Crippen LogP contribution is 2.35. The predicted molar refractivity (Wildman–Crippen MR) is 118 cm³/mol. The van der Waals surface area contributed by atoms with Crippen LogP contribution in [0, 0.1) is 0 Å². The molecule has 1 saturated heterocycles. The van der Waals surface area contributed by atoms with Gasteiger partial charge in [-0.05, 0) is 56.1 Å². The lowest BCUT2D eigenvalue weighted by molar-refractivity contribution is -1.02. The maximum Gasteiger partial charge on any atom is 0.279 e. The number of anilines is 1. The molecule has 2 heterocycles. The molecule has 0 radical (unpaired) electrons. The highest BCUT2D eigenvalue weighted by atomic mass is 16.2. The Hall–Kier alpha value is -2.24. The molecule has 1 amide bonds. The standard InChI is InChI=1S/C25H32N4O/c30-24(18-29-15-13-28(14-16-29)17-19-7-2-1-3-8-19)27-25-20-9-4-5-11-22(20)26-23-12-6-10-21(23)25/h1-3,7-8H,4-6,9-18H2,(H,26,27,30)/p+2. The number of fused-ring (bicyclic) bond motifs is 2. The highest BCUT2D eigenvalue weighted by molar-refractivity contribution is 5.93. The molecule has 0 atom stereocenters. The van der Waals surface area contributed by atoms with Crippen LogP contribution in [-0.4, -0.2) is 43.6 Å². The molecule has 2 aromatic rings. The van der Waals surface area contributed by atoms with Gasteiger partial charge in [0.1, 0.15) is 32.7 Å². The number of quaternary nitrogens is 2. The molecule has 2 aliphatic carbocycles. The molecule has 1 aliphatic heterocycles. The van der Waals surface area contributed by atoms with Crippen molar-refractivity contribution in [1.29, 1.82) is 0 Å². The van der Waals surface area contributed by atoms with Gasteiger partial charge in [-0.2, -0.15) is 0 Å². The van der Waals surface area contributed by atoms with Crippen LogP contribution in [0.2, 0.25) is 0 Å². The fourth-order valence-corrected chi connectivity index (χ4v) is 5.50. The van der Waals surface area contributed by atoms with Crippen LogP contribution in [0.5, 0.6) is 0 Å². The van der Waals surface area contributed by atoms with Crippen LogP contribution in [0.3, 0.4) is 0 Å². The number of nitrogens with one attached hydrogen (secondary N) is 3. The summed E-state index contributed by atoms with van der Waals surface area (Å²) in [4.78, 5) is 21.0. The third-order valence-electron chi connectivity index (χ3n) is 7.14. The lowest BCUT2D eigenvalue weighted by Crippen LogP contribution is -3.28. The number of aromatic nitrogens is 1. The minimum atomic E-state index is 0.185. The van der Waals surface area contributed by atoms with E-state index in [0.29, 0.717) is 6.54 Å². The number of nitrogens with zero attached hydrogens (tertiary/aromatic N) is 1. The summed E-state index contributed by atoms with van der Waals surface area (Å²) in [5.74, 6) is 0.185. The summed E-state index contributed by atoms with van der Waals surface area (Å²) in [6.45, 7) is 6.10. The number of amides is 1. The first-order valence-electron chi connectivity index (χ1n) is 11.8. The van der Waals surface area contributed by atoms with Crippen molar-refractivity contribution in [2.45, 2.75) is 51.5 Å². The fourth-order valence-electron chi connectivity index (χ4n) is 5.50. The summed E-state index contributed by atoms with van der Waals surface area (Å²) in [7, 11) is 0. The van der Waals surface area contributed by atoms with Crippen LogP contribution >= 0.6 is 0 Å². The van der Waals surface area contributed by atoms with Crippen molar-refractivity contribution in [2.75, 3.05) is 38.0 Å². The lowest BCUT2D eigenvalue weighted by atomic mass is 9.92. The Morgan fingerprint density at radius 1 is 0.833 bits per heavy atom. The first kappa shape index (κ1) is 19.7. The van der Waals surface area contributed by atoms with Gasteiger partial charge in [0.15, 0.2) is 6.54 Å². The molecule has 158 valence electrons. The van der Waals surface area contributed by atoms with Gasteiger partial charge >= 0.3 is 0 Å². The number of hydrogen-bond acceptors (Lipinski definition) is 2. The maximum atomic E-state index is 13.0. The number of hydrogen-bond donors (Lipinski definition) is 3. The first-order valence-corrected chi connectivity index (χ1v) is 11.8. The van der Waals surface area contributed by atoms with Crippen LogP contribution in [0.1, 0.15) is 47.3 Å². The van der Waals surface area contributed by atoms with Gasteiger partial charge in [0.2, 0.25) is 0 Å². The third kappa shape index (κ3) is 4.28. The molecule has 5 heteroatoms. The quantitative estimate of drug-likeness (QED) is 0.672. The maximum absolute atomic E-state index is 13.0. The Bertz CT molecular complexity index is 903. The van der Waals surface area contributed by atoms with Gasteiger partial charge in [-0.25, -0.2) is 0 Å². The molecular formula is C25H34N4O+2. The molecule has 5 nitrogen and oxygen atoms in total. The molecule has 1 fully saturated rings. The molecule has 0 bridgehead atoms. The third-order valence-corrected chi connectivity index (χ3v) is 7.14. The number of benzene rings is 1. The second kappa shape index (κ2) is 8.86. The summed E-state index contributed by atoms with van der Waals surface area (Å²) in [5.41, 5.74) is 7.72. The van der Waals surface area contributed by atoms with Gasteiger partial charge in [-0.1, -0.05) is 30.3 Å². The smallest absolute Gasteiger partial charge is 0.279 e. The van der Waals surface area contributed by atoms with Crippen LogP contribution in [-0.2, 0) is 37.0 Å². The largest absolute Gasteiger partial charge is 0.322 e. The van der Waals surface area contributed by atoms with E-state index in [2.05, 4.69) is 35.6 Å². The number of rotatable bonds is 5. The number of aryl methyl sites for hydroxylation is 2. The summed E-state index contributed by atoms with van der Waals surface area (Å²) < 4.78 is 0. The Morgan fingerprint density at radius 2 is 1.47 bits per heavy atom. The van der Waals surface area contributed by atoms with E-state index in [1.54, 1.807) is 4.90 Å². The van der Waals surface area contributed by atoms with Gasteiger partial charge in [0.25, 0.3) is 5.91 Å². The first-order chi connectivity index (χ1) is 14.8. The summed E-state index contributed by atoms with van der Waals surface area (Å²) in [5, 5.41) is 3.36. The van der Waals surface area contributed by atoms with Crippen molar-refractivity contribution >= 4 is 11.6 Å². The number of carbonyl (C=O) groups is 1. The van der Waals surface area contributed by atoms with E-state index in [9.17, 15) is 4.79 Å². The zero-order valence-corrected chi connectivity index (χ0v) is 17.9. The minimum absolute atomic E-state index is 0.185. The summed E-state index contributed by atoms with van der Waals surface area (Å²) >= 11 is 0. The van der Waals surface area contributed by atoms with E-state index >= 15 is 0 Å². The normalized spacial score (nSPS) is 22.9. The van der Waals surface area contributed by atoms with Crippen molar-refractivity contribution < 1.29 is 14.6 Å². The van der Waals surface area contributed by atoms with Gasteiger partial charge in [-0.3, -0.25) is 9.78 Å². The van der Waals surface area contributed by atoms with E-state index in [4.69, 9.17) is 4.98 Å². The molecule has 3 N–H and O–H groups in total. The second-order valence-electron chi connectivity index (χ2n) is 9.29. The number of pyridine rings is 1. The van der Waals surface area contributed by atoms with Gasteiger partial charge in [0.05, 0.1) is 5.69 Å². The second-order valence-corrected chi connectivity index (χ2v) is 9.29. The Kier molecular flexibility index (Phi) is 5.82. The highest BCUT2D eigenvalue weighted by Gasteiger charge is 2.28. The molecule has 30 heavy (non-hydrogen) atoms. The van der Waals surface area contributed by atoms with Gasteiger partial charge in [-0.15, -0.1) is 0 Å². The number of piperazine rings is 1. The molecule has 1 aromatic carbocycles. The van der Waals surface area contributed by atoms with Crippen molar-refractivity contribution in [2.24, 2.45) is 0 Å². The van der Waals surface area contributed by atoms with E-state index in [-0.39, 0.29) is 5.91 Å². The molecule has 0 unspecified atom stereocenters. The average molecular weight is 407 g/mol. The molecule has 1 aromatic heterocycles. The molecule has 0 saturated carbocycles. The Morgan fingerprint density at radius 3 is 2.23 bits per heavy atom. The zero-order chi connectivity index (χ0) is 20.3. The van der Waals surface area contributed by atoms with Crippen LogP contribution in [0.4, 0.5) is 5.69 Å². The fraction of sp³-hybridized carbons (Fsp3) is 0.520. The van der Waals surface area contributed by atoms with Crippen molar-refractivity contribution in [1.82, 2.24) is 4.98 Å². The van der Waals surface area contributed by atoms with Gasteiger partial charge < -0.3 is 15.1 Å². The topological polar surface area (TPSA) is 50.9 Å². The monoisotopic (exact) mass is 406 g/mol. The SMILES string of the molecule is O=C(C[NH+]1CC[NH+](Cc2ccccc2)CC1)Nc1c2c(nc3c1CCC3)CCCC2. The Labute approximate surface area is 179 Å². The minimum Gasteiger partial charge on any atom is -0.322 e. The predicted octanol–water partition coefficient (Wildman–Crippen LogP) is 0.371. The molecular weight excluding hydrogens is 372 g/mol.